The highest BCUT2D eigenvalue weighted by Gasteiger charge is 2.22. The number of ether oxygens (including phenoxy) is 2. The Morgan fingerprint density at radius 3 is 1.95 bits per heavy atom. The minimum atomic E-state index is 0.0356. The van der Waals surface area contributed by atoms with E-state index in [4.69, 9.17) is 15.2 Å². The average Bonchev–Trinajstić information content (AvgIpc) is 2.46. The van der Waals surface area contributed by atoms with Crippen LogP contribution in [-0.2, 0) is 14.3 Å². The summed E-state index contributed by atoms with van der Waals surface area (Å²) in [6.45, 7) is 8.69. The molecule has 0 saturated heterocycles. The van der Waals surface area contributed by atoms with E-state index in [0.717, 1.165) is 26.2 Å². The Morgan fingerprint density at radius 1 is 1.10 bits per heavy atom. The van der Waals surface area contributed by atoms with E-state index < -0.39 is 0 Å². The van der Waals surface area contributed by atoms with E-state index in [1.165, 1.54) is 0 Å². The molecule has 0 spiro atoms. The molecule has 0 aliphatic carbocycles. The SMILES string of the molecule is CCN(CC)C(=O)CC(CN)N(CCOC)CCOC. The van der Waals surface area contributed by atoms with Crippen molar-refractivity contribution in [3.8, 4) is 0 Å². The molecule has 0 fully saturated rings. The zero-order chi connectivity index (χ0) is 15.4. The van der Waals surface area contributed by atoms with Gasteiger partial charge in [-0.1, -0.05) is 0 Å². The van der Waals surface area contributed by atoms with Crippen molar-refractivity contribution in [1.29, 1.82) is 0 Å². The molecular formula is C14H31N3O3. The highest BCUT2D eigenvalue weighted by atomic mass is 16.5. The van der Waals surface area contributed by atoms with E-state index in [9.17, 15) is 4.79 Å². The molecule has 0 aromatic rings. The highest BCUT2D eigenvalue weighted by molar-refractivity contribution is 5.76. The summed E-state index contributed by atoms with van der Waals surface area (Å²) < 4.78 is 10.2. The summed E-state index contributed by atoms with van der Waals surface area (Å²) in [7, 11) is 3.35. The molecule has 0 heterocycles. The lowest BCUT2D eigenvalue weighted by molar-refractivity contribution is -0.132. The van der Waals surface area contributed by atoms with Crippen LogP contribution in [0.3, 0.4) is 0 Å². The van der Waals surface area contributed by atoms with Crippen molar-refractivity contribution < 1.29 is 14.3 Å². The zero-order valence-corrected chi connectivity index (χ0v) is 13.4. The van der Waals surface area contributed by atoms with Gasteiger partial charge in [-0.25, -0.2) is 0 Å². The number of methoxy groups -OCH3 is 2. The summed E-state index contributed by atoms with van der Waals surface area (Å²) in [5.41, 5.74) is 5.85. The van der Waals surface area contributed by atoms with E-state index >= 15 is 0 Å². The molecular weight excluding hydrogens is 258 g/mol. The Morgan fingerprint density at radius 2 is 1.60 bits per heavy atom. The second kappa shape index (κ2) is 12.1. The van der Waals surface area contributed by atoms with Crippen molar-refractivity contribution in [1.82, 2.24) is 9.80 Å². The summed E-state index contributed by atoms with van der Waals surface area (Å²) in [5, 5.41) is 0. The van der Waals surface area contributed by atoms with E-state index in [-0.39, 0.29) is 11.9 Å². The first-order valence-corrected chi connectivity index (χ1v) is 7.34. The van der Waals surface area contributed by atoms with Gasteiger partial charge in [0.25, 0.3) is 0 Å². The van der Waals surface area contributed by atoms with Crippen molar-refractivity contribution in [3.63, 3.8) is 0 Å². The van der Waals surface area contributed by atoms with Crippen molar-refractivity contribution in [3.05, 3.63) is 0 Å². The standard InChI is InChI=1S/C14H31N3O3/c1-5-16(6-2)14(18)11-13(12-15)17(7-9-19-3)8-10-20-4/h13H,5-12,15H2,1-4H3. The predicted octanol–water partition coefficient (Wildman–Crippen LogP) is 0.167. The van der Waals surface area contributed by atoms with Crippen LogP contribution in [-0.4, -0.2) is 81.9 Å². The van der Waals surface area contributed by atoms with Crippen molar-refractivity contribution in [2.45, 2.75) is 26.3 Å². The third-order valence-electron chi connectivity index (χ3n) is 3.48. The van der Waals surface area contributed by atoms with E-state index in [1.807, 2.05) is 18.7 Å². The molecule has 0 aliphatic rings. The lowest BCUT2D eigenvalue weighted by Gasteiger charge is -2.31. The Kier molecular flexibility index (Phi) is 11.7. The van der Waals surface area contributed by atoms with Crippen LogP contribution in [0.25, 0.3) is 0 Å². The van der Waals surface area contributed by atoms with Gasteiger partial charge in [0, 0.05) is 59.4 Å². The number of amides is 1. The van der Waals surface area contributed by atoms with Gasteiger partial charge in [-0.2, -0.15) is 0 Å². The summed E-state index contributed by atoms with van der Waals surface area (Å²) >= 11 is 0. The number of carbonyl (C=O) groups excluding carboxylic acids is 1. The van der Waals surface area contributed by atoms with E-state index in [1.54, 1.807) is 14.2 Å². The summed E-state index contributed by atoms with van der Waals surface area (Å²) in [5.74, 6) is 0.158. The van der Waals surface area contributed by atoms with Crippen molar-refractivity contribution in [2.24, 2.45) is 5.73 Å². The topological polar surface area (TPSA) is 68.0 Å². The van der Waals surface area contributed by atoms with Crippen LogP contribution in [0.1, 0.15) is 20.3 Å². The predicted molar refractivity (Wildman–Crippen MR) is 80.7 cm³/mol. The normalized spacial score (nSPS) is 12.7. The van der Waals surface area contributed by atoms with Crippen molar-refractivity contribution >= 4 is 5.91 Å². The number of carbonyl (C=O) groups is 1. The molecule has 20 heavy (non-hydrogen) atoms. The van der Waals surface area contributed by atoms with Crippen LogP contribution in [0.5, 0.6) is 0 Å². The van der Waals surface area contributed by atoms with Crippen LogP contribution in [0.4, 0.5) is 0 Å². The molecule has 1 amide bonds. The first-order chi connectivity index (χ1) is 9.64. The summed E-state index contributed by atoms with van der Waals surface area (Å²) in [4.78, 5) is 16.2. The maximum absolute atomic E-state index is 12.2. The molecule has 1 unspecified atom stereocenters. The van der Waals surface area contributed by atoms with Gasteiger partial charge in [0.15, 0.2) is 0 Å². The van der Waals surface area contributed by atoms with Crippen molar-refractivity contribution in [2.75, 3.05) is 60.2 Å². The maximum atomic E-state index is 12.2. The summed E-state index contributed by atoms with van der Waals surface area (Å²) in [6.07, 6.45) is 0.450. The number of nitrogens with two attached hydrogens (primary N) is 1. The molecule has 0 aromatic carbocycles. The largest absolute Gasteiger partial charge is 0.383 e. The van der Waals surface area contributed by atoms with Crippen LogP contribution in [0, 0.1) is 0 Å². The molecule has 1 atom stereocenters. The highest BCUT2D eigenvalue weighted by Crippen LogP contribution is 2.06. The quantitative estimate of drug-likeness (QED) is 0.554. The second-order valence-electron chi connectivity index (χ2n) is 4.68. The number of rotatable bonds is 12. The molecule has 0 radical (unpaired) electrons. The Balaban J connectivity index is 4.57. The molecule has 0 rings (SSSR count). The molecule has 0 aromatic heterocycles. The number of nitrogens with zero attached hydrogens (tertiary/aromatic N) is 2. The maximum Gasteiger partial charge on any atom is 0.224 e. The minimum Gasteiger partial charge on any atom is -0.383 e. The van der Waals surface area contributed by atoms with Gasteiger partial charge in [0.1, 0.15) is 0 Å². The molecule has 120 valence electrons. The monoisotopic (exact) mass is 289 g/mol. The van der Waals surface area contributed by atoms with Gasteiger partial charge >= 0.3 is 0 Å². The fourth-order valence-corrected chi connectivity index (χ4v) is 2.16. The third-order valence-corrected chi connectivity index (χ3v) is 3.48. The van der Waals surface area contributed by atoms with Crippen LogP contribution in [0.2, 0.25) is 0 Å². The summed E-state index contributed by atoms with van der Waals surface area (Å²) in [6, 6.07) is 0.0356. The van der Waals surface area contributed by atoms with Gasteiger partial charge in [0.2, 0.25) is 5.91 Å². The van der Waals surface area contributed by atoms with E-state index in [2.05, 4.69) is 4.90 Å². The first kappa shape index (κ1) is 19.3. The Labute approximate surface area is 123 Å². The Bertz CT molecular complexity index is 240. The molecule has 6 nitrogen and oxygen atoms in total. The van der Waals surface area contributed by atoms with E-state index in [0.29, 0.717) is 26.2 Å². The second-order valence-corrected chi connectivity index (χ2v) is 4.68. The number of hydrogen-bond donors (Lipinski definition) is 1. The molecule has 0 aliphatic heterocycles. The zero-order valence-electron chi connectivity index (χ0n) is 13.4. The third kappa shape index (κ3) is 7.19. The smallest absolute Gasteiger partial charge is 0.224 e. The van der Waals surface area contributed by atoms with Crippen LogP contribution >= 0.6 is 0 Å². The fraction of sp³-hybridized carbons (Fsp3) is 0.929. The fourth-order valence-electron chi connectivity index (χ4n) is 2.16. The van der Waals surface area contributed by atoms with Gasteiger partial charge in [0.05, 0.1) is 13.2 Å². The lowest BCUT2D eigenvalue weighted by atomic mass is 10.1. The van der Waals surface area contributed by atoms with Gasteiger partial charge < -0.3 is 20.1 Å². The molecule has 2 N–H and O–H groups in total. The van der Waals surface area contributed by atoms with Gasteiger partial charge in [-0.05, 0) is 13.8 Å². The van der Waals surface area contributed by atoms with Crippen LogP contribution in [0.15, 0.2) is 0 Å². The van der Waals surface area contributed by atoms with Gasteiger partial charge in [-0.15, -0.1) is 0 Å². The lowest BCUT2D eigenvalue weighted by Crippen LogP contribution is -2.47. The minimum absolute atomic E-state index is 0.0356. The molecule has 0 saturated carbocycles. The van der Waals surface area contributed by atoms with Crippen LogP contribution < -0.4 is 5.73 Å². The average molecular weight is 289 g/mol. The molecule has 6 heteroatoms. The first-order valence-electron chi connectivity index (χ1n) is 7.34. The number of hydrogen-bond acceptors (Lipinski definition) is 5. The van der Waals surface area contributed by atoms with Gasteiger partial charge in [-0.3, -0.25) is 9.69 Å². The Hall–Kier alpha value is -0.690. The molecule has 0 bridgehead atoms.